The maximum atomic E-state index is 6.21. The summed E-state index contributed by atoms with van der Waals surface area (Å²) in [6, 6.07) is 9.89. The highest BCUT2D eigenvalue weighted by Crippen LogP contribution is 2.27. The van der Waals surface area contributed by atoms with Crippen LogP contribution in [0.1, 0.15) is 48.0 Å². The SMILES string of the molecule is Cl.N[C@@H](Cc1cn(Cc2ccccc2)cn1)c1nc(C2CCCO2)no1. The summed E-state index contributed by atoms with van der Waals surface area (Å²) in [5.41, 5.74) is 8.35. The Hall–Kier alpha value is -2.22. The van der Waals surface area contributed by atoms with Crippen molar-refractivity contribution in [2.24, 2.45) is 5.73 Å². The molecule has 8 heteroatoms. The van der Waals surface area contributed by atoms with Crippen LogP contribution < -0.4 is 5.73 Å². The number of hydrogen-bond acceptors (Lipinski definition) is 6. The average molecular weight is 376 g/mol. The summed E-state index contributed by atoms with van der Waals surface area (Å²) in [7, 11) is 0. The van der Waals surface area contributed by atoms with E-state index in [2.05, 4.69) is 27.3 Å². The fourth-order valence-corrected chi connectivity index (χ4v) is 3.02. The largest absolute Gasteiger partial charge is 0.370 e. The van der Waals surface area contributed by atoms with Crippen LogP contribution in [0.5, 0.6) is 0 Å². The van der Waals surface area contributed by atoms with Crippen LogP contribution in [0.15, 0.2) is 47.4 Å². The van der Waals surface area contributed by atoms with Crippen LogP contribution in [0.2, 0.25) is 0 Å². The Morgan fingerprint density at radius 2 is 2.12 bits per heavy atom. The second kappa shape index (κ2) is 8.44. The summed E-state index contributed by atoms with van der Waals surface area (Å²) < 4.78 is 12.9. The Bertz CT molecular complexity index is 814. The Kier molecular flexibility index (Phi) is 6.03. The minimum atomic E-state index is -0.372. The zero-order chi connectivity index (χ0) is 17.1. The van der Waals surface area contributed by atoms with Crippen LogP contribution in [0.3, 0.4) is 0 Å². The van der Waals surface area contributed by atoms with Gasteiger partial charge in [-0.1, -0.05) is 35.5 Å². The number of nitrogens with zero attached hydrogens (tertiary/aromatic N) is 4. The number of imidazole rings is 1. The van der Waals surface area contributed by atoms with Gasteiger partial charge in [0.05, 0.1) is 18.1 Å². The lowest BCUT2D eigenvalue weighted by Gasteiger charge is -2.04. The van der Waals surface area contributed by atoms with Gasteiger partial charge in [0.2, 0.25) is 11.7 Å². The van der Waals surface area contributed by atoms with E-state index in [4.69, 9.17) is 15.0 Å². The van der Waals surface area contributed by atoms with Crippen LogP contribution in [0, 0.1) is 0 Å². The van der Waals surface area contributed by atoms with Crippen LogP contribution >= 0.6 is 12.4 Å². The van der Waals surface area contributed by atoms with Gasteiger partial charge in [0.15, 0.2) is 0 Å². The standard InChI is InChI=1S/C18H21N5O2.ClH/c19-15(18-21-17(22-25-18)16-7-4-8-24-16)9-14-11-23(12-20-14)10-13-5-2-1-3-6-13;/h1-3,5-6,11-12,15-16H,4,7-10,19H2;1H/t15-,16?;/m0./s1. The molecule has 1 fully saturated rings. The molecule has 2 N–H and O–H groups in total. The fraction of sp³-hybridized carbons (Fsp3) is 0.389. The van der Waals surface area contributed by atoms with Gasteiger partial charge in [-0.15, -0.1) is 12.4 Å². The predicted molar refractivity (Wildman–Crippen MR) is 97.9 cm³/mol. The van der Waals surface area contributed by atoms with Crippen molar-refractivity contribution >= 4 is 12.4 Å². The number of benzene rings is 1. The summed E-state index contributed by atoms with van der Waals surface area (Å²) in [5, 5.41) is 4.01. The van der Waals surface area contributed by atoms with Gasteiger partial charge in [-0.05, 0) is 18.4 Å². The Morgan fingerprint density at radius 3 is 2.88 bits per heavy atom. The summed E-state index contributed by atoms with van der Waals surface area (Å²) in [5.74, 6) is 1.03. The highest BCUT2D eigenvalue weighted by Gasteiger charge is 2.25. The number of aromatic nitrogens is 4. The van der Waals surface area contributed by atoms with Gasteiger partial charge in [0.25, 0.3) is 0 Å². The van der Waals surface area contributed by atoms with Gasteiger partial charge >= 0.3 is 0 Å². The monoisotopic (exact) mass is 375 g/mol. The normalized spacial score (nSPS) is 17.8. The maximum Gasteiger partial charge on any atom is 0.244 e. The van der Waals surface area contributed by atoms with Gasteiger partial charge in [-0.2, -0.15) is 4.98 Å². The van der Waals surface area contributed by atoms with Crippen LogP contribution in [-0.2, 0) is 17.7 Å². The third kappa shape index (κ3) is 4.30. The summed E-state index contributed by atoms with van der Waals surface area (Å²) >= 11 is 0. The third-order valence-corrected chi connectivity index (χ3v) is 4.32. The molecule has 7 nitrogen and oxygen atoms in total. The molecule has 0 bridgehead atoms. The van der Waals surface area contributed by atoms with E-state index >= 15 is 0 Å². The van der Waals surface area contributed by atoms with Crippen molar-refractivity contribution in [1.29, 1.82) is 0 Å². The molecular weight excluding hydrogens is 354 g/mol. The van der Waals surface area contributed by atoms with Crippen LogP contribution in [0.25, 0.3) is 0 Å². The maximum absolute atomic E-state index is 6.21. The molecule has 1 unspecified atom stereocenters. The van der Waals surface area contributed by atoms with Crippen molar-refractivity contribution in [2.75, 3.05) is 6.61 Å². The number of halogens is 1. The van der Waals surface area contributed by atoms with Crippen LogP contribution in [-0.4, -0.2) is 26.3 Å². The number of nitrogens with two attached hydrogens (primary N) is 1. The minimum absolute atomic E-state index is 0. The number of hydrogen-bond donors (Lipinski definition) is 1. The second-order valence-corrected chi connectivity index (χ2v) is 6.33. The molecule has 1 saturated heterocycles. The Labute approximate surface area is 158 Å². The molecule has 2 aromatic heterocycles. The van der Waals surface area contributed by atoms with Crippen molar-refractivity contribution < 1.29 is 9.26 Å². The van der Waals surface area contributed by atoms with Gasteiger partial charge in [-0.25, -0.2) is 4.98 Å². The van der Waals surface area contributed by atoms with Crippen molar-refractivity contribution in [3.8, 4) is 0 Å². The van der Waals surface area contributed by atoms with Gasteiger partial charge in [0.1, 0.15) is 6.10 Å². The minimum Gasteiger partial charge on any atom is -0.370 e. The van der Waals surface area contributed by atoms with Crippen molar-refractivity contribution in [2.45, 2.75) is 38.0 Å². The lowest BCUT2D eigenvalue weighted by atomic mass is 10.2. The first-order valence-electron chi connectivity index (χ1n) is 8.53. The highest BCUT2D eigenvalue weighted by molar-refractivity contribution is 5.85. The zero-order valence-corrected chi connectivity index (χ0v) is 15.1. The van der Waals surface area contributed by atoms with E-state index in [0.717, 1.165) is 31.7 Å². The quantitative estimate of drug-likeness (QED) is 0.712. The molecule has 4 rings (SSSR count). The summed E-state index contributed by atoms with van der Waals surface area (Å²) in [4.78, 5) is 8.83. The molecule has 138 valence electrons. The molecule has 1 aliphatic rings. The molecule has 0 saturated carbocycles. The average Bonchev–Trinajstić information content (AvgIpc) is 3.37. The van der Waals surface area contributed by atoms with E-state index in [0.29, 0.717) is 18.1 Å². The van der Waals surface area contributed by atoms with E-state index < -0.39 is 0 Å². The number of rotatable bonds is 6. The van der Waals surface area contributed by atoms with E-state index in [-0.39, 0.29) is 24.6 Å². The van der Waals surface area contributed by atoms with Crippen LogP contribution in [0.4, 0.5) is 0 Å². The van der Waals surface area contributed by atoms with Crippen molar-refractivity contribution in [3.63, 3.8) is 0 Å². The molecule has 3 heterocycles. The molecule has 0 radical (unpaired) electrons. The summed E-state index contributed by atoms with van der Waals surface area (Å²) in [6.45, 7) is 1.53. The Balaban J connectivity index is 0.00000196. The summed E-state index contributed by atoms with van der Waals surface area (Å²) in [6.07, 6.45) is 6.27. The van der Waals surface area contributed by atoms with Gasteiger partial charge in [0, 0.05) is 25.8 Å². The smallest absolute Gasteiger partial charge is 0.244 e. The molecule has 2 atom stereocenters. The van der Waals surface area contributed by atoms with E-state index in [1.165, 1.54) is 5.56 Å². The molecule has 1 aliphatic heterocycles. The van der Waals surface area contributed by atoms with E-state index in [1.54, 1.807) is 0 Å². The van der Waals surface area contributed by atoms with Crippen molar-refractivity contribution in [3.05, 3.63) is 65.8 Å². The lowest BCUT2D eigenvalue weighted by Crippen LogP contribution is -2.14. The van der Waals surface area contributed by atoms with E-state index in [1.807, 2.05) is 35.3 Å². The number of ether oxygens (including phenoxy) is 1. The third-order valence-electron chi connectivity index (χ3n) is 4.32. The van der Waals surface area contributed by atoms with E-state index in [9.17, 15) is 0 Å². The lowest BCUT2D eigenvalue weighted by molar-refractivity contribution is 0.103. The molecule has 3 aromatic rings. The predicted octanol–water partition coefficient (Wildman–Crippen LogP) is 2.83. The fourth-order valence-electron chi connectivity index (χ4n) is 3.02. The first-order valence-corrected chi connectivity index (χ1v) is 8.53. The van der Waals surface area contributed by atoms with Gasteiger partial charge < -0.3 is 19.6 Å². The second-order valence-electron chi connectivity index (χ2n) is 6.33. The molecule has 0 aliphatic carbocycles. The molecule has 0 spiro atoms. The topological polar surface area (TPSA) is 92.0 Å². The Morgan fingerprint density at radius 1 is 1.27 bits per heavy atom. The van der Waals surface area contributed by atoms with Gasteiger partial charge in [-0.3, -0.25) is 0 Å². The zero-order valence-electron chi connectivity index (χ0n) is 14.3. The highest BCUT2D eigenvalue weighted by atomic mass is 35.5. The first-order chi connectivity index (χ1) is 12.3. The first kappa shape index (κ1) is 18.6. The van der Waals surface area contributed by atoms with Crippen molar-refractivity contribution in [1.82, 2.24) is 19.7 Å². The molecular formula is C18H22ClN5O2. The molecule has 26 heavy (non-hydrogen) atoms. The molecule has 0 amide bonds. The molecule has 1 aromatic carbocycles.